The van der Waals surface area contributed by atoms with E-state index >= 15 is 0 Å². The molecule has 1 aromatic rings. The van der Waals surface area contributed by atoms with Gasteiger partial charge in [0.15, 0.2) is 5.06 Å². The van der Waals surface area contributed by atoms with Gasteiger partial charge in [0, 0.05) is 5.56 Å². The van der Waals surface area contributed by atoms with E-state index in [1.807, 2.05) is 6.07 Å². The third kappa shape index (κ3) is 1.72. The number of hydrogen-bond donors (Lipinski definition) is 0. The maximum Gasteiger partial charge on any atom is 0.198 e. The summed E-state index contributed by atoms with van der Waals surface area (Å²) in [5.41, 5.74) is 0.608. The van der Waals surface area contributed by atoms with Crippen molar-refractivity contribution < 1.29 is 5.11 Å². The molecular formula is C8H8ClO. The van der Waals surface area contributed by atoms with E-state index in [0.29, 0.717) is 5.56 Å². The Bertz CT molecular complexity index is 200. The average Bonchev–Trinajstić information content (AvgIpc) is 1.88. The largest absolute Gasteiger partial charge is 0.207 e. The molecule has 0 N–H and O–H groups in total. The third-order valence-electron chi connectivity index (χ3n) is 1.29. The lowest BCUT2D eigenvalue weighted by Crippen LogP contribution is -2.08. The highest BCUT2D eigenvalue weighted by molar-refractivity contribution is 6.22. The molecule has 0 spiro atoms. The highest BCUT2D eigenvalue weighted by Gasteiger charge is 2.20. The van der Waals surface area contributed by atoms with Crippen molar-refractivity contribution in [3.05, 3.63) is 35.9 Å². The molecule has 0 fully saturated rings. The van der Waals surface area contributed by atoms with Crippen molar-refractivity contribution in [2.75, 3.05) is 0 Å². The zero-order valence-corrected chi connectivity index (χ0v) is 6.43. The summed E-state index contributed by atoms with van der Waals surface area (Å²) in [5.74, 6) is 0. The fourth-order valence-electron chi connectivity index (χ4n) is 0.736. The molecule has 1 radical (unpaired) electrons. The average molecular weight is 156 g/mol. The molecule has 0 saturated heterocycles. The molecule has 0 aliphatic rings. The van der Waals surface area contributed by atoms with E-state index < -0.39 is 5.06 Å². The topological polar surface area (TPSA) is 19.9 Å². The first kappa shape index (κ1) is 7.58. The van der Waals surface area contributed by atoms with Crippen molar-refractivity contribution in [3.63, 3.8) is 0 Å². The molecule has 1 aromatic carbocycles. The first-order valence-electron chi connectivity index (χ1n) is 3.05. The van der Waals surface area contributed by atoms with Crippen LogP contribution in [0, 0.1) is 0 Å². The van der Waals surface area contributed by atoms with E-state index in [9.17, 15) is 5.11 Å². The normalized spacial score (nSPS) is 16.3. The lowest BCUT2D eigenvalue weighted by Gasteiger charge is -2.10. The van der Waals surface area contributed by atoms with Gasteiger partial charge in [0.05, 0.1) is 0 Å². The van der Waals surface area contributed by atoms with Gasteiger partial charge in [-0.2, -0.15) is 0 Å². The van der Waals surface area contributed by atoms with Gasteiger partial charge in [0.1, 0.15) is 0 Å². The summed E-state index contributed by atoms with van der Waals surface area (Å²) in [6.07, 6.45) is 0. The molecule has 0 aliphatic carbocycles. The molecular weight excluding hydrogens is 148 g/mol. The Hall–Kier alpha value is -0.530. The lowest BCUT2D eigenvalue weighted by atomic mass is 10.1. The SMILES string of the molecule is CC([O])(Cl)c1ccccc1. The van der Waals surface area contributed by atoms with Crippen LogP contribution in [0.4, 0.5) is 0 Å². The molecule has 0 bridgehead atoms. The van der Waals surface area contributed by atoms with Gasteiger partial charge in [-0.15, -0.1) is 0 Å². The summed E-state index contributed by atoms with van der Waals surface area (Å²) < 4.78 is 0. The van der Waals surface area contributed by atoms with Crippen molar-refractivity contribution in [3.8, 4) is 0 Å². The number of rotatable bonds is 1. The van der Waals surface area contributed by atoms with E-state index in [-0.39, 0.29) is 0 Å². The molecule has 10 heavy (non-hydrogen) atoms. The molecule has 1 unspecified atom stereocenters. The Morgan fingerprint density at radius 2 is 1.80 bits per heavy atom. The van der Waals surface area contributed by atoms with Gasteiger partial charge in [0.25, 0.3) is 0 Å². The highest BCUT2D eigenvalue weighted by Crippen LogP contribution is 2.24. The second-order valence-electron chi connectivity index (χ2n) is 2.28. The minimum Gasteiger partial charge on any atom is -0.207 e. The summed E-state index contributed by atoms with van der Waals surface area (Å²) in [6.45, 7) is 1.43. The first-order valence-corrected chi connectivity index (χ1v) is 3.43. The minimum absolute atomic E-state index is 0.608. The summed E-state index contributed by atoms with van der Waals surface area (Å²) in [5, 5.41) is 9.59. The number of alkyl halides is 1. The fraction of sp³-hybridized carbons (Fsp3) is 0.250. The van der Waals surface area contributed by atoms with Crippen LogP contribution in [0.15, 0.2) is 30.3 Å². The summed E-state index contributed by atoms with van der Waals surface area (Å²) >= 11 is 5.50. The van der Waals surface area contributed by atoms with Gasteiger partial charge in [-0.05, 0) is 6.92 Å². The smallest absolute Gasteiger partial charge is 0.198 e. The van der Waals surface area contributed by atoms with Crippen LogP contribution in [0.5, 0.6) is 0 Å². The molecule has 1 atom stereocenters. The second kappa shape index (κ2) is 2.60. The zero-order chi connectivity index (χ0) is 7.61. The van der Waals surface area contributed by atoms with Crippen LogP contribution in [0.1, 0.15) is 12.5 Å². The molecule has 0 amide bonds. The summed E-state index contributed by atoms with van der Waals surface area (Å²) in [7, 11) is 0. The Morgan fingerprint density at radius 1 is 1.30 bits per heavy atom. The van der Waals surface area contributed by atoms with Gasteiger partial charge in [-0.1, -0.05) is 41.9 Å². The van der Waals surface area contributed by atoms with Crippen LogP contribution in [-0.4, -0.2) is 0 Å². The van der Waals surface area contributed by atoms with Crippen LogP contribution < -0.4 is 0 Å². The maximum absolute atomic E-state index is 11.1. The summed E-state index contributed by atoms with van der Waals surface area (Å²) in [4.78, 5) is 0. The van der Waals surface area contributed by atoms with E-state index in [0.717, 1.165) is 0 Å². The summed E-state index contributed by atoms with van der Waals surface area (Å²) in [6, 6.07) is 8.90. The molecule has 53 valence electrons. The molecule has 0 aromatic heterocycles. The molecule has 0 heterocycles. The minimum atomic E-state index is -1.48. The number of hydrogen-bond acceptors (Lipinski definition) is 0. The Kier molecular flexibility index (Phi) is 1.97. The molecule has 2 heteroatoms. The first-order chi connectivity index (χ1) is 4.61. The van der Waals surface area contributed by atoms with Gasteiger partial charge in [0.2, 0.25) is 0 Å². The van der Waals surface area contributed by atoms with Crippen molar-refractivity contribution >= 4 is 11.6 Å². The predicted molar refractivity (Wildman–Crippen MR) is 40.3 cm³/mol. The van der Waals surface area contributed by atoms with Crippen LogP contribution in [0.2, 0.25) is 0 Å². The Balaban J connectivity index is 2.97. The predicted octanol–water partition coefficient (Wildman–Crippen LogP) is 2.53. The van der Waals surface area contributed by atoms with Gasteiger partial charge in [-0.25, -0.2) is 5.11 Å². The van der Waals surface area contributed by atoms with E-state index in [4.69, 9.17) is 11.6 Å². The second-order valence-corrected chi connectivity index (χ2v) is 3.00. The van der Waals surface area contributed by atoms with E-state index in [2.05, 4.69) is 0 Å². The van der Waals surface area contributed by atoms with Crippen molar-refractivity contribution in [2.45, 2.75) is 12.0 Å². The monoisotopic (exact) mass is 155 g/mol. The molecule has 0 saturated carbocycles. The van der Waals surface area contributed by atoms with Crippen LogP contribution in [-0.2, 0) is 10.2 Å². The maximum atomic E-state index is 11.1. The Morgan fingerprint density at radius 3 is 2.10 bits per heavy atom. The standard InChI is InChI=1S/C8H8ClO/c1-8(9,10)7-5-3-2-4-6-7/h2-6H,1H3. The van der Waals surface area contributed by atoms with Crippen molar-refractivity contribution in [1.29, 1.82) is 0 Å². The molecule has 1 nitrogen and oxygen atoms in total. The molecule has 0 aliphatic heterocycles. The van der Waals surface area contributed by atoms with Crippen LogP contribution in [0.3, 0.4) is 0 Å². The van der Waals surface area contributed by atoms with Crippen molar-refractivity contribution in [2.24, 2.45) is 0 Å². The quantitative estimate of drug-likeness (QED) is 0.556. The lowest BCUT2D eigenvalue weighted by molar-refractivity contribution is 0.0624. The van der Waals surface area contributed by atoms with Crippen LogP contribution in [0.25, 0.3) is 0 Å². The molecule has 1 rings (SSSR count). The van der Waals surface area contributed by atoms with Gasteiger partial charge < -0.3 is 0 Å². The van der Waals surface area contributed by atoms with E-state index in [1.165, 1.54) is 6.92 Å². The fourth-order valence-corrected chi connectivity index (χ4v) is 0.862. The van der Waals surface area contributed by atoms with E-state index in [1.54, 1.807) is 24.3 Å². The zero-order valence-electron chi connectivity index (χ0n) is 5.67. The van der Waals surface area contributed by atoms with Crippen molar-refractivity contribution in [1.82, 2.24) is 0 Å². The highest BCUT2D eigenvalue weighted by atomic mass is 35.5. The van der Waals surface area contributed by atoms with Gasteiger partial charge >= 0.3 is 0 Å². The van der Waals surface area contributed by atoms with Crippen LogP contribution >= 0.6 is 11.6 Å². The number of benzene rings is 1. The van der Waals surface area contributed by atoms with Gasteiger partial charge in [-0.3, -0.25) is 0 Å². The third-order valence-corrected chi connectivity index (χ3v) is 1.51. The Labute approximate surface area is 65.3 Å². The number of halogens is 1.